The third-order valence-corrected chi connectivity index (χ3v) is 3.96. The average molecular weight is 363 g/mol. The third-order valence-electron chi connectivity index (χ3n) is 3.72. The van der Waals surface area contributed by atoms with Gasteiger partial charge in [-0.1, -0.05) is 41.9 Å². The van der Waals surface area contributed by atoms with E-state index in [0.717, 1.165) is 5.56 Å². The summed E-state index contributed by atoms with van der Waals surface area (Å²) >= 11 is 5.92. The highest BCUT2D eigenvalue weighted by atomic mass is 35.5. The Kier molecular flexibility index (Phi) is 6.95. The van der Waals surface area contributed by atoms with Gasteiger partial charge in [0, 0.05) is 30.6 Å². The van der Waals surface area contributed by atoms with E-state index in [4.69, 9.17) is 11.6 Å². The lowest BCUT2D eigenvalue weighted by Crippen LogP contribution is -2.40. The van der Waals surface area contributed by atoms with Gasteiger partial charge in [-0.3, -0.25) is 9.59 Å². The Labute approximate surface area is 151 Å². The lowest BCUT2D eigenvalue weighted by molar-refractivity contribution is -0.134. The molecule has 0 radical (unpaired) electrons. The maximum atomic E-state index is 13.7. The number of nitrogens with zero attached hydrogens (tertiary/aromatic N) is 1. The van der Waals surface area contributed by atoms with Gasteiger partial charge in [0.05, 0.1) is 6.54 Å². The van der Waals surface area contributed by atoms with Crippen molar-refractivity contribution in [1.82, 2.24) is 10.2 Å². The number of benzene rings is 2. The van der Waals surface area contributed by atoms with E-state index < -0.39 is 5.82 Å². The Hall–Kier alpha value is -2.40. The van der Waals surface area contributed by atoms with Crippen LogP contribution in [0.4, 0.5) is 4.39 Å². The predicted octanol–water partition coefficient (Wildman–Crippen LogP) is 3.19. The zero-order valence-corrected chi connectivity index (χ0v) is 14.7. The first kappa shape index (κ1) is 18.9. The summed E-state index contributed by atoms with van der Waals surface area (Å²) in [7, 11) is 0. The van der Waals surface area contributed by atoms with Crippen LogP contribution >= 0.6 is 11.6 Å². The van der Waals surface area contributed by atoms with Gasteiger partial charge in [-0.25, -0.2) is 4.39 Å². The maximum Gasteiger partial charge on any atom is 0.239 e. The van der Waals surface area contributed by atoms with Gasteiger partial charge in [-0.05, 0) is 30.2 Å². The molecule has 1 N–H and O–H groups in total. The van der Waals surface area contributed by atoms with Gasteiger partial charge < -0.3 is 10.2 Å². The summed E-state index contributed by atoms with van der Waals surface area (Å²) in [5.74, 6) is -0.961. The van der Waals surface area contributed by atoms with Crippen LogP contribution in [0.15, 0.2) is 48.5 Å². The van der Waals surface area contributed by atoms with Crippen molar-refractivity contribution in [2.24, 2.45) is 0 Å². The SMILES string of the molecule is CC(=O)N(CC(=O)NCCc1cccc(Cl)c1)Cc1ccccc1F. The van der Waals surface area contributed by atoms with Crippen molar-refractivity contribution in [2.45, 2.75) is 19.9 Å². The molecule has 2 amide bonds. The molecule has 0 unspecified atom stereocenters. The van der Waals surface area contributed by atoms with E-state index in [1.807, 2.05) is 18.2 Å². The Bertz CT molecular complexity index is 752. The molecule has 2 aromatic rings. The van der Waals surface area contributed by atoms with Crippen LogP contribution in [0.2, 0.25) is 5.02 Å². The minimum atomic E-state index is -0.393. The van der Waals surface area contributed by atoms with Gasteiger partial charge in [-0.15, -0.1) is 0 Å². The summed E-state index contributed by atoms with van der Waals surface area (Å²) < 4.78 is 13.7. The highest BCUT2D eigenvalue weighted by molar-refractivity contribution is 6.30. The minimum Gasteiger partial charge on any atom is -0.354 e. The van der Waals surface area contributed by atoms with E-state index in [9.17, 15) is 14.0 Å². The van der Waals surface area contributed by atoms with Crippen LogP contribution in [0.25, 0.3) is 0 Å². The topological polar surface area (TPSA) is 49.4 Å². The highest BCUT2D eigenvalue weighted by Crippen LogP contribution is 2.11. The normalized spacial score (nSPS) is 10.4. The van der Waals surface area contributed by atoms with Crippen LogP contribution in [0.3, 0.4) is 0 Å². The summed E-state index contributed by atoms with van der Waals surface area (Å²) in [4.78, 5) is 25.1. The van der Waals surface area contributed by atoms with Gasteiger partial charge in [0.25, 0.3) is 0 Å². The Balaban J connectivity index is 1.85. The summed E-state index contributed by atoms with van der Waals surface area (Å²) in [5, 5.41) is 3.42. The predicted molar refractivity (Wildman–Crippen MR) is 95.7 cm³/mol. The smallest absolute Gasteiger partial charge is 0.239 e. The van der Waals surface area contributed by atoms with E-state index in [1.54, 1.807) is 24.3 Å². The molecule has 0 bridgehead atoms. The van der Waals surface area contributed by atoms with Crippen molar-refractivity contribution in [3.63, 3.8) is 0 Å². The van der Waals surface area contributed by atoms with E-state index in [-0.39, 0.29) is 24.9 Å². The van der Waals surface area contributed by atoms with Crippen molar-refractivity contribution < 1.29 is 14.0 Å². The number of hydrogen-bond donors (Lipinski definition) is 1. The number of halogens is 2. The number of carbonyl (C=O) groups is 2. The molecule has 0 aliphatic rings. The molecule has 0 fully saturated rings. The molecule has 2 aromatic carbocycles. The second kappa shape index (κ2) is 9.18. The molecule has 0 saturated heterocycles. The van der Waals surface area contributed by atoms with Crippen molar-refractivity contribution in [2.75, 3.05) is 13.1 Å². The van der Waals surface area contributed by atoms with Gasteiger partial charge in [0.15, 0.2) is 0 Å². The van der Waals surface area contributed by atoms with Crippen LogP contribution in [-0.4, -0.2) is 29.8 Å². The fourth-order valence-corrected chi connectivity index (χ4v) is 2.59. The summed E-state index contributed by atoms with van der Waals surface area (Å²) in [6.45, 7) is 1.74. The number of rotatable bonds is 7. The quantitative estimate of drug-likeness (QED) is 0.822. The molecule has 0 heterocycles. The highest BCUT2D eigenvalue weighted by Gasteiger charge is 2.15. The Morgan fingerprint density at radius 1 is 1.16 bits per heavy atom. The molecule has 4 nitrogen and oxygen atoms in total. The van der Waals surface area contributed by atoms with Gasteiger partial charge in [0.2, 0.25) is 11.8 Å². The number of carbonyl (C=O) groups excluding carboxylic acids is 2. The molecule has 0 aliphatic carbocycles. The van der Waals surface area contributed by atoms with Gasteiger partial charge >= 0.3 is 0 Å². The fraction of sp³-hybridized carbons (Fsp3) is 0.263. The first-order valence-electron chi connectivity index (χ1n) is 7.96. The van der Waals surface area contributed by atoms with Crippen molar-refractivity contribution in [3.8, 4) is 0 Å². The molecular weight excluding hydrogens is 343 g/mol. The number of nitrogens with one attached hydrogen (secondary N) is 1. The second-order valence-electron chi connectivity index (χ2n) is 5.70. The molecule has 0 saturated carbocycles. The monoisotopic (exact) mass is 362 g/mol. The average Bonchev–Trinajstić information content (AvgIpc) is 2.56. The summed E-state index contributed by atoms with van der Waals surface area (Å²) in [6, 6.07) is 13.6. The number of amides is 2. The van der Waals surface area contributed by atoms with E-state index in [0.29, 0.717) is 23.6 Å². The van der Waals surface area contributed by atoms with E-state index in [1.165, 1.54) is 17.9 Å². The van der Waals surface area contributed by atoms with Crippen molar-refractivity contribution >= 4 is 23.4 Å². The first-order chi connectivity index (χ1) is 12.0. The van der Waals surface area contributed by atoms with Crippen LogP contribution in [0, 0.1) is 5.82 Å². The van der Waals surface area contributed by atoms with Crippen molar-refractivity contribution in [1.29, 1.82) is 0 Å². The first-order valence-corrected chi connectivity index (χ1v) is 8.33. The molecule has 6 heteroatoms. The van der Waals surface area contributed by atoms with Crippen LogP contribution < -0.4 is 5.32 Å². The van der Waals surface area contributed by atoms with Gasteiger partial charge in [0.1, 0.15) is 5.82 Å². The summed E-state index contributed by atoms with van der Waals surface area (Å²) in [6.07, 6.45) is 0.639. The lowest BCUT2D eigenvalue weighted by atomic mass is 10.1. The van der Waals surface area contributed by atoms with Crippen molar-refractivity contribution in [3.05, 3.63) is 70.5 Å². The van der Waals surface area contributed by atoms with Crippen LogP contribution in [-0.2, 0) is 22.6 Å². The van der Waals surface area contributed by atoms with E-state index >= 15 is 0 Å². The Morgan fingerprint density at radius 3 is 2.60 bits per heavy atom. The molecular formula is C19H20ClFN2O2. The molecule has 0 spiro atoms. The molecule has 25 heavy (non-hydrogen) atoms. The number of hydrogen-bond acceptors (Lipinski definition) is 2. The zero-order chi connectivity index (χ0) is 18.2. The van der Waals surface area contributed by atoms with Gasteiger partial charge in [-0.2, -0.15) is 0 Å². The standard InChI is InChI=1S/C19H20ClFN2O2/c1-14(24)23(12-16-6-2-3-8-18(16)21)13-19(25)22-10-9-15-5-4-7-17(20)11-15/h2-8,11H,9-10,12-13H2,1H3,(H,22,25). The molecule has 0 atom stereocenters. The fourth-order valence-electron chi connectivity index (χ4n) is 2.38. The minimum absolute atomic E-state index is 0.0592. The molecule has 132 valence electrons. The molecule has 0 aliphatic heterocycles. The van der Waals surface area contributed by atoms with Crippen LogP contribution in [0.1, 0.15) is 18.1 Å². The molecule has 0 aromatic heterocycles. The largest absolute Gasteiger partial charge is 0.354 e. The molecule has 2 rings (SSSR count). The van der Waals surface area contributed by atoms with E-state index in [2.05, 4.69) is 5.32 Å². The lowest BCUT2D eigenvalue weighted by Gasteiger charge is -2.21. The summed E-state index contributed by atoms with van der Waals surface area (Å²) in [5.41, 5.74) is 1.40. The third kappa shape index (κ3) is 6.19. The maximum absolute atomic E-state index is 13.7. The van der Waals surface area contributed by atoms with Crippen LogP contribution in [0.5, 0.6) is 0 Å². The second-order valence-corrected chi connectivity index (χ2v) is 6.13. The Morgan fingerprint density at radius 2 is 1.92 bits per heavy atom. The zero-order valence-electron chi connectivity index (χ0n) is 14.0.